The largest absolute Gasteiger partial charge is 0.469 e. The fourth-order valence-corrected chi connectivity index (χ4v) is 2.74. The Bertz CT molecular complexity index is 610. The first-order valence-electron chi connectivity index (χ1n) is 6.30. The lowest BCUT2D eigenvalue weighted by Crippen LogP contribution is -2.03. The first-order chi connectivity index (χ1) is 9.61. The van der Waals surface area contributed by atoms with Crippen LogP contribution >= 0.6 is 11.8 Å². The van der Waals surface area contributed by atoms with Crippen molar-refractivity contribution in [3.63, 3.8) is 0 Å². The molecule has 0 saturated carbocycles. The fourth-order valence-electron chi connectivity index (χ4n) is 1.83. The minimum Gasteiger partial charge on any atom is -0.469 e. The van der Waals surface area contributed by atoms with Crippen molar-refractivity contribution in [3.8, 4) is 5.69 Å². The number of methoxy groups -OCH3 is 1. The van der Waals surface area contributed by atoms with Crippen LogP contribution in [0.1, 0.15) is 17.8 Å². The van der Waals surface area contributed by atoms with Gasteiger partial charge in [-0.3, -0.25) is 9.36 Å². The third-order valence-electron chi connectivity index (χ3n) is 2.82. The molecule has 6 heteroatoms. The standard InChI is InChI=1S/C14H17N3O2S/c1-10-5-4-6-12(9-10)17-11(2)15-16-14(17)20-8-7-13(18)19-3/h4-6,9H,7-8H2,1-3H3. The van der Waals surface area contributed by atoms with E-state index in [2.05, 4.69) is 21.0 Å². The van der Waals surface area contributed by atoms with Crippen molar-refractivity contribution < 1.29 is 9.53 Å². The molecule has 0 saturated heterocycles. The van der Waals surface area contributed by atoms with Gasteiger partial charge in [-0.05, 0) is 31.5 Å². The Morgan fingerprint density at radius 1 is 1.35 bits per heavy atom. The predicted octanol–water partition coefficient (Wildman–Crippen LogP) is 2.54. The zero-order chi connectivity index (χ0) is 14.5. The molecular formula is C14H17N3O2S. The minimum atomic E-state index is -0.212. The summed E-state index contributed by atoms with van der Waals surface area (Å²) in [5, 5.41) is 9.07. The van der Waals surface area contributed by atoms with Crippen LogP contribution in [0.25, 0.3) is 5.69 Å². The highest BCUT2D eigenvalue weighted by Gasteiger charge is 2.12. The molecule has 20 heavy (non-hydrogen) atoms. The van der Waals surface area contributed by atoms with E-state index in [0.29, 0.717) is 12.2 Å². The summed E-state index contributed by atoms with van der Waals surface area (Å²) in [6.07, 6.45) is 0.362. The van der Waals surface area contributed by atoms with Gasteiger partial charge >= 0.3 is 5.97 Å². The highest BCUT2D eigenvalue weighted by Crippen LogP contribution is 2.22. The van der Waals surface area contributed by atoms with Crippen LogP contribution in [0.3, 0.4) is 0 Å². The summed E-state index contributed by atoms with van der Waals surface area (Å²) < 4.78 is 6.62. The van der Waals surface area contributed by atoms with Crippen molar-refractivity contribution in [2.45, 2.75) is 25.4 Å². The summed E-state index contributed by atoms with van der Waals surface area (Å²) >= 11 is 1.50. The molecule has 0 bridgehead atoms. The monoisotopic (exact) mass is 291 g/mol. The molecule has 0 N–H and O–H groups in total. The number of hydrogen-bond donors (Lipinski definition) is 0. The van der Waals surface area contributed by atoms with Crippen molar-refractivity contribution in [3.05, 3.63) is 35.7 Å². The maximum absolute atomic E-state index is 11.1. The second kappa shape index (κ2) is 6.56. The normalized spacial score (nSPS) is 10.6. The van der Waals surface area contributed by atoms with Crippen LogP contribution in [0.4, 0.5) is 0 Å². The van der Waals surface area contributed by atoms with Gasteiger partial charge in [0, 0.05) is 11.4 Å². The number of carbonyl (C=O) groups excluding carboxylic acids is 1. The van der Waals surface area contributed by atoms with E-state index in [1.807, 2.05) is 36.6 Å². The summed E-state index contributed by atoms with van der Waals surface area (Å²) in [5.41, 5.74) is 2.22. The first kappa shape index (κ1) is 14.6. The number of nitrogens with zero attached hydrogens (tertiary/aromatic N) is 3. The minimum absolute atomic E-state index is 0.212. The Balaban J connectivity index is 2.17. The number of esters is 1. The van der Waals surface area contributed by atoms with Gasteiger partial charge in [0.15, 0.2) is 5.16 Å². The number of thioether (sulfide) groups is 1. The van der Waals surface area contributed by atoms with Crippen LogP contribution in [0.15, 0.2) is 29.4 Å². The molecule has 0 fully saturated rings. The van der Waals surface area contributed by atoms with Crippen molar-refractivity contribution in [1.29, 1.82) is 0 Å². The van der Waals surface area contributed by atoms with E-state index in [0.717, 1.165) is 16.7 Å². The van der Waals surface area contributed by atoms with E-state index in [4.69, 9.17) is 0 Å². The fraction of sp³-hybridized carbons (Fsp3) is 0.357. The highest BCUT2D eigenvalue weighted by atomic mass is 32.2. The molecule has 2 aromatic rings. The molecule has 1 aromatic heterocycles. The molecule has 0 aliphatic heterocycles. The number of carbonyl (C=O) groups is 1. The number of rotatable bonds is 5. The van der Waals surface area contributed by atoms with Gasteiger partial charge in [-0.1, -0.05) is 23.9 Å². The van der Waals surface area contributed by atoms with Crippen molar-refractivity contribution in [2.24, 2.45) is 0 Å². The van der Waals surface area contributed by atoms with E-state index in [1.54, 1.807) is 0 Å². The van der Waals surface area contributed by atoms with Gasteiger partial charge in [-0.2, -0.15) is 0 Å². The van der Waals surface area contributed by atoms with Gasteiger partial charge in [-0.25, -0.2) is 0 Å². The maximum Gasteiger partial charge on any atom is 0.306 e. The molecule has 0 amide bonds. The van der Waals surface area contributed by atoms with E-state index in [9.17, 15) is 4.79 Å². The summed E-state index contributed by atoms with van der Waals surface area (Å²) in [5.74, 6) is 1.24. The molecule has 0 atom stereocenters. The van der Waals surface area contributed by atoms with Crippen LogP contribution in [-0.2, 0) is 9.53 Å². The quantitative estimate of drug-likeness (QED) is 0.626. The van der Waals surface area contributed by atoms with Crippen molar-refractivity contribution in [2.75, 3.05) is 12.9 Å². The van der Waals surface area contributed by atoms with Crippen LogP contribution in [-0.4, -0.2) is 33.6 Å². The first-order valence-corrected chi connectivity index (χ1v) is 7.29. The van der Waals surface area contributed by atoms with Gasteiger partial charge in [0.25, 0.3) is 0 Å². The lowest BCUT2D eigenvalue weighted by atomic mass is 10.2. The summed E-state index contributed by atoms with van der Waals surface area (Å²) in [7, 11) is 1.40. The second-order valence-corrected chi connectivity index (χ2v) is 5.44. The lowest BCUT2D eigenvalue weighted by molar-refractivity contribution is -0.140. The molecule has 1 heterocycles. The Morgan fingerprint density at radius 3 is 2.85 bits per heavy atom. The maximum atomic E-state index is 11.1. The number of ether oxygens (including phenoxy) is 1. The molecule has 106 valence electrons. The van der Waals surface area contributed by atoms with Gasteiger partial charge in [0.2, 0.25) is 0 Å². The lowest BCUT2D eigenvalue weighted by Gasteiger charge is -2.08. The smallest absolute Gasteiger partial charge is 0.306 e. The molecule has 1 aromatic carbocycles. The number of aryl methyl sites for hydroxylation is 2. The molecule has 0 unspecified atom stereocenters. The molecule has 0 radical (unpaired) electrons. The Hall–Kier alpha value is -1.82. The molecule has 0 aliphatic carbocycles. The van der Waals surface area contributed by atoms with Gasteiger partial charge in [-0.15, -0.1) is 10.2 Å². The third-order valence-corrected chi connectivity index (χ3v) is 3.75. The molecule has 0 aliphatic rings. The van der Waals surface area contributed by atoms with E-state index >= 15 is 0 Å². The zero-order valence-electron chi connectivity index (χ0n) is 11.8. The SMILES string of the molecule is COC(=O)CCSc1nnc(C)n1-c1cccc(C)c1. The Morgan fingerprint density at radius 2 is 2.15 bits per heavy atom. The van der Waals surface area contributed by atoms with Crippen LogP contribution in [0.2, 0.25) is 0 Å². The molecule has 2 rings (SSSR count). The topological polar surface area (TPSA) is 57.0 Å². The zero-order valence-corrected chi connectivity index (χ0v) is 12.6. The van der Waals surface area contributed by atoms with Gasteiger partial charge < -0.3 is 4.74 Å². The van der Waals surface area contributed by atoms with Crippen LogP contribution < -0.4 is 0 Å². The van der Waals surface area contributed by atoms with Gasteiger partial charge in [0.1, 0.15) is 5.82 Å². The molecular weight excluding hydrogens is 274 g/mol. The number of benzene rings is 1. The highest BCUT2D eigenvalue weighted by molar-refractivity contribution is 7.99. The average molecular weight is 291 g/mol. The second-order valence-electron chi connectivity index (χ2n) is 4.38. The average Bonchev–Trinajstić information content (AvgIpc) is 2.79. The summed E-state index contributed by atoms with van der Waals surface area (Å²) in [6, 6.07) is 8.16. The molecule has 0 spiro atoms. The van der Waals surface area contributed by atoms with Gasteiger partial charge in [0.05, 0.1) is 13.5 Å². The Labute approximate surface area is 122 Å². The third kappa shape index (κ3) is 3.39. The summed E-state index contributed by atoms with van der Waals surface area (Å²) in [6.45, 7) is 3.97. The molecule has 5 nitrogen and oxygen atoms in total. The number of hydrogen-bond acceptors (Lipinski definition) is 5. The van der Waals surface area contributed by atoms with Crippen LogP contribution in [0, 0.1) is 13.8 Å². The van der Waals surface area contributed by atoms with E-state index in [1.165, 1.54) is 24.4 Å². The van der Waals surface area contributed by atoms with Crippen LogP contribution in [0.5, 0.6) is 0 Å². The van der Waals surface area contributed by atoms with Crippen molar-refractivity contribution in [1.82, 2.24) is 14.8 Å². The number of aromatic nitrogens is 3. The summed E-state index contributed by atoms with van der Waals surface area (Å²) in [4.78, 5) is 11.1. The van der Waals surface area contributed by atoms with E-state index in [-0.39, 0.29) is 5.97 Å². The predicted molar refractivity (Wildman–Crippen MR) is 78.2 cm³/mol. The van der Waals surface area contributed by atoms with E-state index < -0.39 is 0 Å². The van der Waals surface area contributed by atoms with Crippen molar-refractivity contribution >= 4 is 17.7 Å². The Kier molecular flexibility index (Phi) is 4.79.